The van der Waals surface area contributed by atoms with Crippen LogP contribution in [0.4, 0.5) is 0 Å². The fourth-order valence-corrected chi connectivity index (χ4v) is 2.94. The van der Waals surface area contributed by atoms with E-state index in [4.69, 9.17) is 14.2 Å². The van der Waals surface area contributed by atoms with E-state index in [1.165, 1.54) is 0 Å². The highest BCUT2D eigenvalue weighted by molar-refractivity contribution is 5.91. The molecule has 3 aromatic carbocycles. The summed E-state index contributed by atoms with van der Waals surface area (Å²) in [7, 11) is 1.57. The van der Waals surface area contributed by atoms with Crippen LogP contribution in [0.25, 0.3) is 11.6 Å². The second-order valence-electron chi connectivity index (χ2n) is 6.68. The molecule has 0 atom stereocenters. The van der Waals surface area contributed by atoms with Gasteiger partial charge in [-0.1, -0.05) is 42.5 Å². The number of hydrogen-bond donors (Lipinski definition) is 0. The number of nitriles is 1. The maximum Gasteiger partial charge on any atom is 0.311 e. The minimum atomic E-state index is -0.313. The van der Waals surface area contributed by atoms with Crippen molar-refractivity contribution in [2.75, 3.05) is 13.7 Å². The number of nitrogens with zero attached hydrogens (tertiary/aromatic N) is 1. The number of ether oxygens (including phenoxy) is 3. The summed E-state index contributed by atoms with van der Waals surface area (Å²) in [5.41, 5.74) is 2.03. The lowest BCUT2D eigenvalue weighted by Gasteiger charge is -2.08. The van der Waals surface area contributed by atoms with E-state index in [2.05, 4.69) is 6.07 Å². The van der Waals surface area contributed by atoms with Gasteiger partial charge in [-0.2, -0.15) is 5.26 Å². The maximum atomic E-state index is 12.0. The van der Waals surface area contributed by atoms with Crippen LogP contribution in [0.2, 0.25) is 0 Å². The largest absolute Gasteiger partial charge is 0.496 e. The number of methoxy groups -OCH3 is 1. The van der Waals surface area contributed by atoms with Gasteiger partial charge in [0.15, 0.2) is 0 Å². The minimum absolute atomic E-state index is 0.265. The Morgan fingerprint density at radius 3 is 2.35 bits per heavy atom. The van der Waals surface area contributed by atoms with E-state index in [1.54, 1.807) is 37.5 Å². The maximum absolute atomic E-state index is 12.0. The number of para-hydroxylation sites is 2. The Morgan fingerprint density at radius 1 is 0.935 bits per heavy atom. The average molecular weight is 413 g/mol. The summed E-state index contributed by atoms with van der Waals surface area (Å²) in [6, 6.07) is 26.1. The number of carbonyl (C=O) groups excluding carboxylic acids is 1. The van der Waals surface area contributed by atoms with E-state index >= 15 is 0 Å². The van der Waals surface area contributed by atoms with Crippen molar-refractivity contribution in [2.24, 2.45) is 0 Å². The Kier molecular flexibility index (Phi) is 7.84. The highest BCUT2D eigenvalue weighted by Crippen LogP contribution is 2.27. The first-order valence-corrected chi connectivity index (χ1v) is 9.93. The van der Waals surface area contributed by atoms with Crippen LogP contribution in [-0.4, -0.2) is 19.7 Å². The molecule has 5 nitrogen and oxygen atoms in total. The Balaban J connectivity index is 1.54. The third-order valence-corrected chi connectivity index (χ3v) is 4.48. The van der Waals surface area contributed by atoms with Gasteiger partial charge in [0.25, 0.3) is 0 Å². The smallest absolute Gasteiger partial charge is 0.311 e. The van der Waals surface area contributed by atoms with E-state index in [0.29, 0.717) is 30.1 Å². The SMILES string of the molecule is COc1ccccc1/C(C#N)=C\c1ccc(OC(=O)CCCOc2ccccc2)cc1. The minimum Gasteiger partial charge on any atom is -0.496 e. The zero-order valence-corrected chi connectivity index (χ0v) is 17.3. The second-order valence-corrected chi connectivity index (χ2v) is 6.68. The monoisotopic (exact) mass is 413 g/mol. The first-order chi connectivity index (χ1) is 15.2. The van der Waals surface area contributed by atoms with Crippen molar-refractivity contribution < 1.29 is 19.0 Å². The summed E-state index contributed by atoms with van der Waals surface area (Å²) in [6.45, 7) is 0.447. The lowest BCUT2D eigenvalue weighted by atomic mass is 10.0. The highest BCUT2D eigenvalue weighted by atomic mass is 16.5. The first kappa shape index (κ1) is 21.7. The van der Waals surface area contributed by atoms with E-state index < -0.39 is 0 Å². The van der Waals surface area contributed by atoms with E-state index in [9.17, 15) is 10.1 Å². The molecule has 0 saturated carbocycles. The Hall–Kier alpha value is -4.04. The predicted molar refractivity (Wildman–Crippen MR) is 120 cm³/mol. The fourth-order valence-electron chi connectivity index (χ4n) is 2.94. The standard InChI is InChI=1S/C26H23NO4/c1-29-25-11-6-5-10-24(25)21(19-27)18-20-13-15-23(16-14-20)31-26(28)12-7-17-30-22-8-3-2-4-9-22/h2-6,8-11,13-16,18H,7,12,17H2,1H3/b21-18-. The molecule has 0 amide bonds. The molecule has 31 heavy (non-hydrogen) atoms. The molecule has 3 rings (SSSR count). The molecule has 3 aromatic rings. The van der Waals surface area contributed by atoms with Gasteiger partial charge in [-0.05, 0) is 54.5 Å². The zero-order valence-electron chi connectivity index (χ0n) is 17.3. The summed E-state index contributed by atoms with van der Waals surface area (Å²) < 4.78 is 16.3. The molecule has 0 heterocycles. The number of hydrogen-bond acceptors (Lipinski definition) is 5. The number of allylic oxidation sites excluding steroid dienone is 1. The first-order valence-electron chi connectivity index (χ1n) is 9.93. The molecule has 0 unspecified atom stereocenters. The van der Waals surface area contributed by atoms with Crippen molar-refractivity contribution in [3.8, 4) is 23.3 Å². The van der Waals surface area contributed by atoms with E-state index in [-0.39, 0.29) is 12.4 Å². The van der Waals surface area contributed by atoms with Crippen molar-refractivity contribution in [3.63, 3.8) is 0 Å². The van der Waals surface area contributed by atoms with Crippen LogP contribution in [0.1, 0.15) is 24.0 Å². The van der Waals surface area contributed by atoms with Crippen LogP contribution in [0.3, 0.4) is 0 Å². The molecule has 0 saturated heterocycles. The van der Waals surface area contributed by atoms with Crippen LogP contribution in [0.5, 0.6) is 17.2 Å². The number of esters is 1. The molecule has 0 aliphatic heterocycles. The van der Waals surface area contributed by atoms with Gasteiger partial charge >= 0.3 is 5.97 Å². The molecule has 0 aliphatic carbocycles. The van der Waals surface area contributed by atoms with Gasteiger partial charge in [-0.3, -0.25) is 4.79 Å². The number of rotatable bonds is 9. The highest BCUT2D eigenvalue weighted by Gasteiger charge is 2.08. The van der Waals surface area contributed by atoms with Crippen molar-refractivity contribution in [2.45, 2.75) is 12.8 Å². The van der Waals surface area contributed by atoms with Gasteiger partial charge < -0.3 is 14.2 Å². The van der Waals surface area contributed by atoms with Gasteiger partial charge in [-0.15, -0.1) is 0 Å². The van der Waals surface area contributed by atoms with Gasteiger partial charge in [-0.25, -0.2) is 0 Å². The predicted octanol–water partition coefficient (Wildman–Crippen LogP) is 5.52. The Morgan fingerprint density at radius 2 is 1.65 bits per heavy atom. The summed E-state index contributed by atoms with van der Waals surface area (Å²) in [6.07, 6.45) is 2.60. The van der Waals surface area contributed by atoms with Crippen molar-refractivity contribution >= 4 is 17.6 Å². The van der Waals surface area contributed by atoms with E-state index in [0.717, 1.165) is 16.9 Å². The topological polar surface area (TPSA) is 68.5 Å². The van der Waals surface area contributed by atoms with Gasteiger partial charge in [0.1, 0.15) is 17.2 Å². The quantitative estimate of drug-likeness (QED) is 0.152. The molecule has 156 valence electrons. The zero-order chi connectivity index (χ0) is 21.9. The molecule has 0 aliphatic rings. The summed E-state index contributed by atoms with van der Waals surface area (Å²) >= 11 is 0. The second kappa shape index (κ2) is 11.2. The summed E-state index contributed by atoms with van der Waals surface area (Å²) in [5, 5.41) is 9.56. The third kappa shape index (κ3) is 6.48. The molecule has 5 heteroatoms. The fraction of sp³-hybridized carbons (Fsp3) is 0.154. The van der Waals surface area contributed by atoms with Crippen LogP contribution < -0.4 is 14.2 Å². The van der Waals surface area contributed by atoms with Crippen molar-refractivity contribution in [1.82, 2.24) is 0 Å². The molecule has 0 aromatic heterocycles. The molecule has 0 N–H and O–H groups in total. The van der Waals surface area contributed by atoms with E-state index in [1.807, 2.05) is 54.6 Å². The molecule has 0 fully saturated rings. The number of carbonyl (C=O) groups is 1. The molecule has 0 radical (unpaired) electrons. The van der Waals surface area contributed by atoms with Crippen LogP contribution >= 0.6 is 0 Å². The number of benzene rings is 3. The molecule has 0 spiro atoms. The van der Waals surface area contributed by atoms with Crippen LogP contribution in [0.15, 0.2) is 78.9 Å². The van der Waals surface area contributed by atoms with Gasteiger partial charge in [0, 0.05) is 12.0 Å². The molecular weight excluding hydrogens is 390 g/mol. The Bertz CT molecular complexity index is 1070. The van der Waals surface area contributed by atoms with Crippen LogP contribution in [0, 0.1) is 11.3 Å². The summed E-state index contributed by atoms with van der Waals surface area (Å²) in [4.78, 5) is 12.0. The lowest BCUT2D eigenvalue weighted by molar-refractivity contribution is -0.134. The van der Waals surface area contributed by atoms with Crippen molar-refractivity contribution in [1.29, 1.82) is 5.26 Å². The van der Waals surface area contributed by atoms with Crippen molar-refractivity contribution in [3.05, 3.63) is 90.0 Å². The lowest BCUT2D eigenvalue weighted by Crippen LogP contribution is -2.09. The van der Waals surface area contributed by atoms with Gasteiger partial charge in [0.2, 0.25) is 0 Å². The Labute approximate surface area is 182 Å². The normalized spacial score (nSPS) is 10.8. The van der Waals surface area contributed by atoms with Gasteiger partial charge in [0.05, 0.1) is 25.4 Å². The average Bonchev–Trinajstić information content (AvgIpc) is 2.82. The molecular formula is C26H23NO4. The third-order valence-electron chi connectivity index (χ3n) is 4.48. The molecule has 0 bridgehead atoms. The summed E-state index contributed by atoms with van der Waals surface area (Å²) in [5.74, 6) is 1.56. The van der Waals surface area contributed by atoms with Crippen LogP contribution in [-0.2, 0) is 4.79 Å².